The van der Waals surface area contributed by atoms with Gasteiger partial charge in [-0.1, -0.05) is 35.9 Å². The summed E-state index contributed by atoms with van der Waals surface area (Å²) in [5.74, 6) is 0.155. The number of benzene rings is 3. The van der Waals surface area contributed by atoms with Crippen molar-refractivity contribution in [2.75, 3.05) is 55.7 Å². The molecule has 0 saturated carbocycles. The molecule has 4 N–H and O–H groups in total. The molecule has 4 rings (SSSR count). The quantitative estimate of drug-likeness (QED) is 0.131. The number of carbonyl (C=O) groups is 1. The van der Waals surface area contributed by atoms with Crippen LogP contribution in [0.2, 0.25) is 5.02 Å². The first-order valence-corrected chi connectivity index (χ1v) is 12.9. The minimum Gasteiger partial charge on any atom is -0.494 e. The Bertz CT molecular complexity index is 1570. The number of likely N-dealkylation sites (N-methyl/N-ethyl adjacent to an activating group) is 1. The molecule has 4 aromatic rings. The maximum Gasteiger partial charge on any atom is 0.248 e. The van der Waals surface area contributed by atoms with Gasteiger partial charge in [0.25, 0.3) is 0 Å². The van der Waals surface area contributed by atoms with Gasteiger partial charge in [-0.2, -0.15) is 5.26 Å². The average Bonchev–Trinajstić information content (AvgIpc) is 2.94. The number of amides is 1. The smallest absolute Gasteiger partial charge is 0.248 e. The lowest BCUT2D eigenvalue weighted by Crippen LogP contribution is -2.13. The van der Waals surface area contributed by atoms with E-state index in [0.29, 0.717) is 57.5 Å². The van der Waals surface area contributed by atoms with Gasteiger partial charge in [-0.25, -0.2) is 0 Å². The maximum atomic E-state index is 12.5. The second-order valence-electron chi connectivity index (χ2n) is 9.10. The summed E-state index contributed by atoms with van der Waals surface area (Å²) in [6.45, 7) is 1.12. The number of aromatic nitrogens is 1. The van der Waals surface area contributed by atoms with E-state index in [9.17, 15) is 10.1 Å². The van der Waals surface area contributed by atoms with Gasteiger partial charge in [0.15, 0.2) is 0 Å². The lowest BCUT2D eigenvalue weighted by Gasteiger charge is -2.16. The van der Waals surface area contributed by atoms with E-state index >= 15 is 0 Å². The summed E-state index contributed by atoms with van der Waals surface area (Å²) in [5.41, 5.74) is 4.36. The third kappa shape index (κ3) is 7.20. The van der Waals surface area contributed by atoms with Crippen LogP contribution in [0.25, 0.3) is 10.9 Å². The minimum absolute atomic E-state index is 0.296. The highest BCUT2D eigenvalue weighted by molar-refractivity contribution is 6.33. The molecule has 204 valence electrons. The normalized spacial score (nSPS) is 10.9. The Balaban J connectivity index is 1.58. The number of methoxy groups -OCH3 is 1. The highest BCUT2D eigenvalue weighted by atomic mass is 35.5. The fraction of sp³-hybridized carbons (Fsp3) is 0.167. The number of rotatable bonds is 11. The number of halogens is 1. The van der Waals surface area contributed by atoms with Gasteiger partial charge in [0.1, 0.15) is 11.8 Å². The van der Waals surface area contributed by atoms with Gasteiger partial charge in [0.05, 0.1) is 46.9 Å². The van der Waals surface area contributed by atoms with Crippen LogP contribution in [0.1, 0.15) is 5.56 Å². The fourth-order valence-corrected chi connectivity index (χ4v) is 4.18. The van der Waals surface area contributed by atoms with Gasteiger partial charge in [-0.15, -0.1) is 0 Å². The van der Waals surface area contributed by atoms with Crippen LogP contribution in [-0.4, -0.2) is 50.2 Å². The number of ether oxygens (including phenoxy) is 1. The van der Waals surface area contributed by atoms with Crippen molar-refractivity contribution in [2.24, 2.45) is 0 Å². The molecule has 1 heterocycles. The van der Waals surface area contributed by atoms with Crippen LogP contribution in [-0.2, 0) is 4.79 Å². The maximum absolute atomic E-state index is 12.5. The molecule has 0 spiro atoms. The molecule has 9 nitrogen and oxygen atoms in total. The molecule has 0 aliphatic carbocycles. The molecule has 10 heteroatoms. The molecule has 0 aliphatic rings. The van der Waals surface area contributed by atoms with E-state index in [-0.39, 0.29) is 5.91 Å². The lowest BCUT2D eigenvalue weighted by atomic mass is 10.1. The van der Waals surface area contributed by atoms with E-state index in [4.69, 9.17) is 16.3 Å². The standard InChI is InChI=1S/C30H30ClN7O2/c1-38(2)13-7-10-29(39)37-27-15-23-26(16-28(27)40-3)33-18-20(17-32)30(23)36-22-11-12-25(24(31)14-22)35-19-34-21-8-5-4-6-9-21/h4-12,14-16,18,34-35H,13,19H2,1-3H3,(H,33,36)(H,37,39). The Kier molecular flexibility index (Phi) is 9.41. The molecule has 0 saturated heterocycles. The number of hydrogen-bond donors (Lipinski definition) is 4. The molecule has 40 heavy (non-hydrogen) atoms. The topological polar surface area (TPSA) is 114 Å². The molecular weight excluding hydrogens is 526 g/mol. The summed E-state index contributed by atoms with van der Waals surface area (Å²) in [4.78, 5) is 18.9. The number of pyridine rings is 1. The third-order valence-electron chi connectivity index (χ3n) is 5.89. The Hall–Kier alpha value is -4.78. The molecular formula is C30H30ClN7O2. The highest BCUT2D eigenvalue weighted by Crippen LogP contribution is 2.37. The van der Waals surface area contributed by atoms with Crippen molar-refractivity contribution in [1.29, 1.82) is 5.26 Å². The molecule has 3 aromatic carbocycles. The predicted octanol–water partition coefficient (Wildman–Crippen LogP) is 6.05. The van der Waals surface area contributed by atoms with Gasteiger partial charge >= 0.3 is 0 Å². The Morgan fingerprint density at radius 3 is 2.58 bits per heavy atom. The number of carbonyl (C=O) groups excluding carboxylic acids is 1. The fourth-order valence-electron chi connectivity index (χ4n) is 3.93. The predicted molar refractivity (Wildman–Crippen MR) is 163 cm³/mol. The molecule has 0 unspecified atom stereocenters. The third-order valence-corrected chi connectivity index (χ3v) is 6.20. The summed E-state index contributed by atoms with van der Waals surface area (Å²) < 4.78 is 5.50. The summed E-state index contributed by atoms with van der Waals surface area (Å²) in [6.07, 6.45) is 4.74. The van der Waals surface area contributed by atoms with Gasteiger partial charge in [-0.3, -0.25) is 9.78 Å². The molecule has 0 aliphatic heterocycles. The van der Waals surface area contributed by atoms with Crippen molar-refractivity contribution >= 4 is 56.8 Å². The molecule has 0 radical (unpaired) electrons. The first-order chi connectivity index (χ1) is 19.4. The molecule has 0 bridgehead atoms. The highest BCUT2D eigenvalue weighted by Gasteiger charge is 2.15. The Labute approximate surface area is 238 Å². The molecule has 0 fully saturated rings. The number of fused-ring (bicyclic) bond motifs is 1. The Morgan fingerprint density at radius 2 is 1.88 bits per heavy atom. The number of nitriles is 1. The largest absolute Gasteiger partial charge is 0.494 e. The SMILES string of the molecule is COc1cc2ncc(C#N)c(Nc3ccc(NCNc4ccccc4)c(Cl)c3)c2cc1NC(=O)C=CCN(C)C. The second-order valence-corrected chi connectivity index (χ2v) is 9.51. The van der Waals surface area contributed by atoms with E-state index in [1.165, 1.54) is 19.4 Å². The van der Waals surface area contributed by atoms with E-state index in [2.05, 4.69) is 32.3 Å². The summed E-state index contributed by atoms with van der Waals surface area (Å²) in [5, 5.41) is 23.7. The summed E-state index contributed by atoms with van der Waals surface area (Å²) >= 11 is 6.57. The van der Waals surface area contributed by atoms with Crippen LogP contribution >= 0.6 is 11.6 Å². The zero-order valence-corrected chi connectivity index (χ0v) is 23.2. The van der Waals surface area contributed by atoms with Crippen molar-refractivity contribution in [3.05, 3.63) is 89.6 Å². The van der Waals surface area contributed by atoms with Crippen LogP contribution in [0.4, 0.5) is 28.4 Å². The van der Waals surface area contributed by atoms with Crippen molar-refractivity contribution in [3.63, 3.8) is 0 Å². The Morgan fingerprint density at radius 1 is 1.07 bits per heavy atom. The van der Waals surface area contributed by atoms with Gasteiger partial charge in [-0.05, 0) is 50.5 Å². The van der Waals surface area contributed by atoms with Crippen LogP contribution in [0.3, 0.4) is 0 Å². The van der Waals surface area contributed by atoms with E-state index in [1.807, 2.05) is 61.5 Å². The first-order valence-electron chi connectivity index (χ1n) is 12.5. The second kappa shape index (κ2) is 13.3. The lowest BCUT2D eigenvalue weighted by molar-refractivity contribution is -0.111. The van der Waals surface area contributed by atoms with Crippen molar-refractivity contribution in [1.82, 2.24) is 9.88 Å². The number of nitrogens with zero attached hydrogens (tertiary/aromatic N) is 3. The van der Waals surface area contributed by atoms with Crippen LogP contribution in [0, 0.1) is 11.3 Å². The number of nitrogens with one attached hydrogen (secondary N) is 4. The van der Waals surface area contributed by atoms with Gasteiger partial charge < -0.3 is 30.9 Å². The van der Waals surface area contributed by atoms with Crippen molar-refractivity contribution in [2.45, 2.75) is 0 Å². The molecule has 1 aromatic heterocycles. The van der Waals surface area contributed by atoms with Crippen LogP contribution < -0.4 is 26.0 Å². The van der Waals surface area contributed by atoms with Crippen molar-refractivity contribution < 1.29 is 9.53 Å². The molecule has 0 atom stereocenters. The van der Waals surface area contributed by atoms with Crippen LogP contribution in [0.5, 0.6) is 5.75 Å². The van der Waals surface area contributed by atoms with Crippen LogP contribution in [0.15, 0.2) is 79.0 Å². The minimum atomic E-state index is -0.296. The summed E-state index contributed by atoms with van der Waals surface area (Å²) in [6, 6.07) is 21.0. The number of anilines is 5. The number of para-hydroxylation sites is 1. The zero-order chi connectivity index (χ0) is 28.5. The average molecular weight is 556 g/mol. The van der Waals surface area contributed by atoms with E-state index in [1.54, 1.807) is 24.3 Å². The van der Waals surface area contributed by atoms with Crippen molar-refractivity contribution in [3.8, 4) is 11.8 Å². The van der Waals surface area contributed by atoms with Gasteiger partial charge in [0, 0.05) is 41.6 Å². The summed E-state index contributed by atoms with van der Waals surface area (Å²) in [7, 11) is 5.36. The van der Waals surface area contributed by atoms with Gasteiger partial charge in [0.2, 0.25) is 5.91 Å². The van der Waals surface area contributed by atoms with E-state index < -0.39 is 0 Å². The van der Waals surface area contributed by atoms with E-state index in [0.717, 1.165) is 11.4 Å². The molecule has 1 amide bonds. The first kappa shape index (κ1) is 28.2. The monoisotopic (exact) mass is 555 g/mol. The zero-order valence-electron chi connectivity index (χ0n) is 22.5. The number of hydrogen-bond acceptors (Lipinski definition) is 8.